The number of carbonyl (C=O) groups is 1. The molecule has 0 saturated carbocycles. The smallest absolute Gasteiger partial charge is 0.257 e. The van der Waals surface area contributed by atoms with Crippen molar-refractivity contribution in [1.82, 2.24) is 10.3 Å². The zero-order chi connectivity index (χ0) is 22.1. The number of nitrogens with zero attached hydrogens (tertiary/aromatic N) is 1. The van der Waals surface area contributed by atoms with Crippen molar-refractivity contribution in [2.75, 3.05) is 5.32 Å². The Morgan fingerprint density at radius 3 is 2.61 bits per heavy atom. The van der Waals surface area contributed by atoms with Crippen LogP contribution in [0, 0.1) is 13.8 Å². The molecule has 5 nitrogen and oxygen atoms in total. The number of aryl methyl sites for hydroxylation is 2. The zero-order valence-electron chi connectivity index (χ0n) is 16.7. The molecule has 0 aliphatic rings. The van der Waals surface area contributed by atoms with Crippen LogP contribution < -0.4 is 10.6 Å². The van der Waals surface area contributed by atoms with Crippen molar-refractivity contribution in [2.24, 2.45) is 0 Å². The minimum atomic E-state index is -0.360. The van der Waals surface area contributed by atoms with Crippen molar-refractivity contribution in [1.29, 1.82) is 0 Å². The largest absolute Gasteiger partial charge is 0.507 e. The molecular weight excluding hydrogens is 450 g/mol. The predicted molar refractivity (Wildman–Crippen MR) is 131 cm³/mol. The van der Waals surface area contributed by atoms with Crippen molar-refractivity contribution in [3.05, 3.63) is 76.3 Å². The monoisotopic (exact) mass is 467 g/mol. The van der Waals surface area contributed by atoms with Crippen LogP contribution in [0.3, 0.4) is 0 Å². The van der Waals surface area contributed by atoms with E-state index in [1.165, 1.54) is 11.3 Å². The molecule has 1 amide bonds. The average Bonchev–Trinajstić information content (AvgIpc) is 3.16. The highest BCUT2D eigenvalue weighted by molar-refractivity contribution is 7.80. The minimum Gasteiger partial charge on any atom is -0.507 e. The summed E-state index contributed by atoms with van der Waals surface area (Å²) in [6, 6.07) is 16.4. The van der Waals surface area contributed by atoms with Gasteiger partial charge in [0, 0.05) is 16.3 Å². The Hall–Kier alpha value is -3.00. The Balaban J connectivity index is 1.56. The summed E-state index contributed by atoms with van der Waals surface area (Å²) >= 11 is 12.9. The lowest BCUT2D eigenvalue weighted by Crippen LogP contribution is -2.34. The molecule has 3 aromatic carbocycles. The molecule has 8 heteroatoms. The number of thiazole rings is 1. The molecule has 0 fully saturated rings. The van der Waals surface area contributed by atoms with Crippen molar-refractivity contribution in [2.45, 2.75) is 13.8 Å². The second-order valence-electron chi connectivity index (χ2n) is 7.05. The van der Waals surface area contributed by atoms with E-state index in [2.05, 4.69) is 15.6 Å². The molecule has 0 bridgehead atoms. The summed E-state index contributed by atoms with van der Waals surface area (Å²) in [4.78, 5) is 17.1. The van der Waals surface area contributed by atoms with Crippen molar-refractivity contribution >= 4 is 62.1 Å². The summed E-state index contributed by atoms with van der Waals surface area (Å²) in [7, 11) is 0. The molecule has 156 valence electrons. The van der Waals surface area contributed by atoms with Crippen LogP contribution in [-0.4, -0.2) is 21.1 Å². The lowest BCUT2D eigenvalue weighted by Gasteiger charge is -2.13. The molecule has 0 aliphatic heterocycles. The molecule has 0 radical (unpaired) electrons. The van der Waals surface area contributed by atoms with Gasteiger partial charge in [-0.05, 0) is 73.6 Å². The summed E-state index contributed by atoms with van der Waals surface area (Å²) in [6.07, 6.45) is 0. The van der Waals surface area contributed by atoms with E-state index >= 15 is 0 Å². The Kier molecular flexibility index (Phi) is 5.91. The fourth-order valence-electron chi connectivity index (χ4n) is 3.07. The molecule has 0 unspecified atom stereocenters. The highest BCUT2D eigenvalue weighted by Gasteiger charge is 2.15. The number of fused-ring (bicyclic) bond motifs is 1. The van der Waals surface area contributed by atoms with Crippen molar-refractivity contribution < 1.29 is 9.90 Å². The first kappa shape index (κ1) is 21.2. The maximum absolute atomic E-state index is 12.5. The molecular formula is C23H18ClN3O2S2. The normalized spacial score (nSPS) is 10.8. The number of benzene rings is 3. The number of halogens is 1. The van der Waals surface area contributed by atoms with E-state index in [-0.39, 0.29) is 16.8 Å². The SMILES string of the molecule is Cc1ccc(C(=O)NC(=S)Nc2cc(C)c(O)c(-c3nc4ccccc4s3)c2)cc1Cl. The van der Waals surface area contributed by atoms with E-state index in [4.69, 9.17) is 23.8 Å². The Bertz CT molecular complexity index is 1300. The fraction of sp³-hybridized carbons (Fsp3) is 0.0870. The number of hydrogen-bond acceptors (Lipinski definition) is 5. The second-order valence-corrected chi connectivity index (χ2v) is 8.89. The highest BCUT2D eigenvalue weighted by Crippen LogP contribution is 2.38. The van der Waals surface area contributed by atoms with Gasteiger partial charge in [0.1, 0.15) is 10.8 Å². The second kappa shape index (κ2) is 8.63. The van der Waals surface area contributed by atoms with Crippen LogP contribution in [0.25, 0.3) is 20.8 Å². The molecule has 4 rings (SSSR count). The number of aromatic nitrogens is 1. The maximum atomic E-state index is 12.5. The molecule has 31 heavy (non-hydrogen) atoms. The predicted octanol–water partition coefficient (Wildman–Crippen LogP) is 6.07. The van der Waals surface area contributed by atoms with Crippen LogP contribution in [-0.2, 0) is 0 Å². The van der Waals surface area contributed by atoms with E-state index in [9.17, 15) is 9.90 Å². The Labute approximate surface area is 193 Å². The number of phenols is 1. The number of anilines is 1. The van der Waals surface area contributed by atoms with Crippen LogP contribution in [0.2, 0.25) is 5.02 Å². The molecule has 1 aromatic heterocycles. The third kappa shape index (κ3) is 4.54. The molecule has 0 aliphatic carbocycles. The van der Waals surface area contributed by atoms with E-state index < -0.39 is 0 Å². The van der Waals surface area contributed by atoms with Gasteiger partial charge < -0.3 is 10.4 Å². The minimum absolute atomic E-state index is 0.141. The number of carbonyl (C=O) groups excluding carboxylic acids is 1. The topological polar surface area (TPSA) is 74.2 Å². The molecule has 0 spiro atoms. The van der Waals surface area contributed by atoms with Gasteiger partial charge in [-0.3, -0.25) is 10.1 Å². The number of phenolic OH excluding ortho intramolecular Hbond substituents is 1. The van der Waals surface area contributed by atoms with Gasteiger partial charge in [0.25, 0.3) is 5.91 Å². The number of hydrogen-bond donors (Lipinski definition) is 3. The average molecular weight is 468 g/mol. The summed E-state index contributed by atoms with van der Waals surface area (Å²) in [6.45, 7) is 3.67. The highest BCUT2D eigenvalue weighted by atomic mass is 35.5. The molecule has 0 saturated heterocycles. The first-order valence-corrected chi connectivity index (χ1v) is 11.0. The van der Waals surface area contributed by atoms with Crippen LogP contribution in [0.4, 0.5) is 5.69 Å². The van der Waals surface area contributed by atoms with Gasteiger partial charge >= 0.3 is 0 Å². The third-order valence-electron chi connectivity index (χ3n) is 4.74. The summed E-state index contributed by atoms with van der Waals surface area (Å²) in [5, 5.41) is 17.6. The first-order chi connectivity index (χ1) is 14.8. The number of rotatable bonds is 3. The van der Waals surface area contributed by atoms with E-state index in [1.54, 1.807) is 37.3 Å². The van der Waals surface area contributed by atoms with Gasteiger partial charge in [0.05, 0.1) is 15.8 Å². The van der Waals surface area contributed by atoms with Crippen LogP contribution >= 0.6 is 35.2 Å². The summed E-state index contributed by atoms with van der Waals surface area (Å²) in [5.41, 5.74) is 4.08. The van der Waals surface area contributed by atoms with Crippen LogP contribution in [0.1, 0.15) is 21.5 Å². The van der Waals surface area contributed by atoms with E-state index in [0.29, 0.717) is 32.4 Å². The lowest BCUT2D eigenvalue weighted by molar-refractivity contribution is 0.0977. The maximum Gasteiger partial charge on any atom is 0.257 e. The molecule has 0 atom stereocenters. The number of nitrogens with one attached hydrogen (secondary N) is 2. The number of para-hydroxylation sites is 1. The van der Waals surface area contributed by atoms with Gasteiger partial charge in [-0.1, -0.05) is 29.8 Å². The number of amides is 1. The van der Waals surface area contributed by atoms with Gasteiger partial charge in [0.2, 0.25) is 0 Å². The van der Waals surface area contributed by atoms with Crippen LogP contribution in [0.15, 0.2) is 54.6 Å². The van der Waals surface area contributed by atoms with Gasteiger partial charge in [-0.2, -0.15) is 0 Å². The third-order valence-corrected chi connectivity index (χ3v) is 6.42. The van der Waals surface area contributed by atoms with Gasteiger partial charge in [-0.25, -0.2) is 4.98 Å². The van der Waals surface area contributed by atoms with Gasteiger partial charge in [-0.15, -0.1) is 11.3 Å². The Morgan fingerprint density at radius 1 is 1.10 bits per heavy atom. The first-order valence-electron chi connectivity index (χ1n) is 9.40. The lowest BCUT2D eigenvalue weighted by atomic mass is 10.1. The molecule has 4 aromatic rings. The molecule has 1 heterocycles. The fourth-order valence-corrected chi connectivity index (χ4v) is 4.45. The van der Waals surface area contributed by atoms with Crippen molar-refractivity contribution in [3.8, 4) is 16.3 Å². The van der Waals surface area contributed by atoms with E-state index in [1.807, 2.05) is 31.2 Å². The van der Waals surface area contributed by atoms with Crippen LogP contribution in [0.5, 0.6) is 5.75 Å². The Morgan fingerprint density at radius 2 is 1.87 bits per heavy atom. The summed E-state index contributed by atoms with van der Waals surface area (Å²) in [5.74, 6) is -0.199. The molecule has 3 N–H and O–H groups in total. The zero-order valence-corrected chi connectivity index (χ0v) is 19.1. The number of aromatic hydroxyl groups is 1. The summed E-state index contributed by atoms with van der Waals surface area (Å²) < 4.78 is 1.03. The van der Waals surface area contributed by atoms with Crippen molar-refractivity contribution in [3.63, 3.8) is 0 Å². The standard InChI is InChI=1S/C23H18ClN3O2S2/c1-12-7-8-14(10-17(12)24)21(29)27-23(30)25-15-9-13(2)20(28)16(11-15)22-26-18-5-3-4-6-19(18)31-22/h3-11,28H,1-2H3,(H2,25,27,29,30). The quantitative estimate of drug-likeness (QED) is 0.252. The van der Waals surface area contributed by atoms with E-state index in [0.717, 1.165) is 15.8 Å². The number of thiocarbonyl (C=S) groups is 1. The van der Waals surface area contributed by atoms with Gasteiger partial charge in [0.15, 0.2) is 5.11 Å².